The van der Waals surface area contributed by atoms with Crippen molar-refractivity contribution in [3.63, 3.8) is 0 Å². The summed E-state index contributed by atoms with van der Waals surface area (Å²) < 4.78 is 6.13. The molecule has 0 aliphatic carbocycles. The lowest BCUT2D eigenvalue weighted by Gasteiger charge is -2.16. The smallest absolute Gasteiger partial charge is 0.135 e. The summed E-state index contributed by atoms with van der Waals surface area (Å²) in [5, 5.41) is 12.3. The van der Waals surface area contributed by atoms with Crippen LogP contribution in [0.5, 0.6) is 5.75 Å². The summed E-state index contributed by atoms with van der Waals surface area (Å²) in [4.78, 5) is 4.49. The molecule has 1 aromatic heterocycles. The molecule has 3 rings (SSSR count). The zero-order valence-corrected chi connectivity index (χ0v) is 17.9. The van der Waals surface area contributed by atoms with Crippen LogP contribution in [0.25, 0.3) is 0 Å². The molecule has 156 valence electrons. The van der Waals surface area contributed by atoms with E-state index in [2.05, 4.69) is 36.3 Å². The van der Waals surface area contributed by atoms with E-state index in [1.54, 1.807) is 6.20 Å². The number of rotatable bonds is 11. The van der Waals surface area contributed by atoms with Crippen molar-refractivity contribution >= 4 is 11.5 Å². The second-order valence-electron chi connectivity index (χ2n) is 7.47. The van der Waals surface area contributed by atoms with E-state index in [0.29, 0.717) is 18.1 Å². The molecule has 0 unspecified atom stereocenters. The van der Waals surface area contributed by atoms with Crippen LogP contribution in [0.15, 0.2) is 66.9 Å². The first-order valence-electron chi connectivity index (χ1n) is 10.7. The summed E-state index contributed by atoms with van der Waals surface area (Å²) in [6.45, 7) is 5.64. The second kappa shape index (κ2) is 11.1. The highest BCUT2D eigenvalue weighted by molar-refractivity contribution is 6.15. The maximum absolute atomic E-state index is 8.86. The van der Waals surface area contributed by atoms with Gasteiger partial charge in [-0.25, -0.2) is 4.98 Å². The molecule has 4 heteroatoms. The SMILES string of the molecule is CCCCCCNc1ncccc1C(=N)c1ccccc1OCc1ccccc1C. The predicted molar refractivity (Wildman–Crippen MR) is 125 cm³/mol. The Hall–Kier alpha value is -3.14. The quantitative estimate of drug-likeness (QED) is 0.290. The van der Waals surface area contributed by atoms with Gasteiger partial charge in [0.05, 0.1) is 5.71 Å². The van der Waals surface area contributed by atoms with Gasteiger partial charge in [0.15, 0.2) is 0 Å². The van der Waals surface area contributed by atoms with E-state index in [0.717, 1.165) is 35.5 Å². The molecule has 0 fully saturated rings. The third kappa shape index (κ3) is 5.69. The first kappa shape index (κ1) is 21.6. The number of aromatic nitrogens is 1. The van der Waals surface area contributed by atoms with Gasteiger partial charge in [-0.15, -0.1) is 0 Å². The fourth-order valence-corrected chi connectivity index (χ4v) is 3.38. The van der Waals surface area contributed by atoms with Crippen molar-refractivity contribution in [2.24, 2.45) is 0 Å². The lowest BCUT2D eigenvalue weighted by molar-refractivity contribution is 0.305. The first-order valence-corrected chi connectivity index (χ1v) is 10.7. The monoisotopic (exact) mass is 401 g/mol. The van der Waals surface area contributed by atoms with Crippen molar-refractivity contribution in [2.75, 3.05) is 11.9 Å². The molecule has 0 saturated carbocycles. The van der Waals surface area contributed by atoms with Crippen LogP contribution in [0, 0.1) is 12.3 Å². The molecule has 0 bridgehead atoms. The van der Waals surface area contributed by atoms with Gasteiger partial charge in [0, 0.05) is 23.9 Å². The Labute approximate surface area is 179 Å². The predicted octanol–water partition coefficient (Wildman–Crippen LogP) is 6.38. The molecule has 30 heavy (non-hydrogen) atoms. The number of aryl methyl sites for hydroxylation is 1. The molecule has 0 amide bonds. The van der Waals surface area contributed by atoms with E-state index < -0.39 is 0 Å². The van der Waals surface area contributed by atoms with Crippen LogP contribution in [-0.2, 0) is 6.61 Å². The number of hydrogen-bond donors (Lipinski definition) is 2. The van der Waals surface area contributed by atoms with Crippen LogP contribution < -0.4 is 10.1 Å². The minimum Gasteiger partial charge on any atom is -0.488 e. The third-order valence-electron chi connectivity index (χ3n) is 5.20. The second-order valence-corrected chi connectivity index (χ2v) is 7.47. The number of pyridine rings is 1. The molecule has 3 aromatic rings. The van der Waals surface area contributed by atoms with Gasteiger partial charge >= 0.3 is 0 Å². The standard InChI is InChI=1S/C26H31N3O/c1-3-4-5-10-17-28-26-23(15-11-18-29-26)25(27)22-14-8-9-16-24(22)30-19-21-13-7-6-12-20(21)2/h6-9,11-16,18,27H,3-5,10,17,19H2,1-2H3,(H,28,29). The summed E-state index contributed by atoms with van der Waals surface area (Å²) >= 11 is 0. The Balaban J connectivity index is 1.75. The maximum Gasteiger partial charge on any atom is 0.135 e. The van der Waals surface area contributed by atoms with Crippen molar-refractivity contribution in [3.05, 3.63) is 89.1 Å². The number of ether oxygens (including phenoxy) is 1. The topological polar surface area (TPSA) is 58.0 Å². The Morgan fingerprint density at radius 2 is 1.70 bits per heavy atom. The third-order valence-corrected chi connectivity index (χ3v) is 5.20. The number of benzene rings is 2. The fraction of sp³-hybridized carbons (Fsp3) is 0.308. The van der Waals surface area contributed by atoms with Crippen LogP contribution in [-0.4, -0.2) is 17.2 Å². The molecule has 2 aromatic carbocycles. The lowest BCUT2D eigenvalue weighted by Crippen LogP contribution is -2.12. The zero-order chi connectivity index (χ0) is 21.2. The zero-order valence-electron chi connectivity index (χ0n) is 17.9. The van der Waals surface area contributed by atoms with Crippen LogP contribution in [0.2, 0.25) is 0 Å². The number of nitrogens with zero attached hydrogens (tertiary/aromatic N) is 1. The Bertz CT molecular complexity index is 968. The number of para-hydroxylation sites is 1. The number of unbranched alkanes of at least 4 members (excludes halogenated alkanes) is 3. The van der Waals surface area contributed by atoms with Gasteiger partial charge in [-0.3, -0.25) is 5.41 Å². The molecule has 0 spiro atoms. The number of hydrogen-bond acceptors (Lipinski definition) is 4. The van der Waals surface area contributed by atoms with Crippen molar-refractivity contribution in [3.8, 4) is 5.75 Å². The van der Waals surface area contributed by atoms with Gasteiger partial charge in [-0.2, -0.15) is 0 Å². The average molecular weight is 402 g/mol. The first-order chi connectivity index (χ1) is 14.7. The molecule has 1 heterocycles. The average Bonchev–Trinajstić information content (AvgIpc) is 2.78. The van der Waals surface area contributed by atoms with E-state index in [9.17, 15) is 0 Å². The van der Waals surface area contributed by atoms with Gasteiger partial charge in [0.1, 0.15) is 18.2 Å². The van der Waals surface area contributed by atoms with Gasteiger partial charge in [0.2, 0.25) is 0 Å². The van der Waals surface area contributed by atoms with Crippen molar-refractivity contribution in [1.82, 2.24) is 4.98 Å². The Morgan fingerprint density at radius 3 is 2.53 bits per heavy atom. The van der Waals surface area contributed by atoms with E-state index in [-0.39, 0.29) is 0 Å². The normalized spacial score (nSPS) is 10.6. The maximum atomic E-state index is 8.86. The van der Waals surface area contributed by atoms with Crippen molar-refractivity contribution in [1.29, 1.82) is 5.41 Å². The van der Waals surface area contributed by atoms with Crippen LogP contribution >= 0.6 is 0 Å². The lowest BCUT2D eigenvalue weighted by atomic mass is 10.0. The van der Waals surface area contributed by atoms with E-state index in [4.69, 9.17) is 10.1 Å². The summed E-state index contributed by atoms with van der Waals surface area (Å²) in [6.07, 6.45) is 6.55. The van der Waals surface area contributed by atoms with Crippen LogP contribution in [0.3, 0.4) is 0 Å². The summed E-state index contributed by atoms with van der Waals surface area (Å²) in [7, 11) is 0. The van der Waals surface area contributed by atoms with Crippen LogP contribution in [0.1, 0.15) is 54.9 Å². The molecule has 0 aliphatic heterocycles. The molecule has 0 saturated heterocycles. The van der Waals surface area contributed by atoms with Gasteiger partial charge < -0.3 is 10.1 Å². The van der Waals surface area contributed by atoms with E-state index in [1.807, 2.05) is 48.5 Å². The van der Waals surface area contributed by atoms with Gasteiger partial charge in [-0.05, 0) is 48.7 Å². The highest BCUT2D eigenvalue weighted by atomic mass is 16.5. The molecule has 2 N–H and O–H groups in total. The molecule has 4 nitrogen and oxygen atoms in total. The van der Waals surface area contributed by atoms with E-state index in [1.165, 1.54) is 24.8 Å². The molecular weight excluding hydrogens is 370 g/mol. The number of anilines is 1. The molecule has 0 radical (unpaired) electrons. The highest BCUT2D eigenvalue weighted by Gasteiger charge is 2.15. The van der Waals surface area contributed by atoms with Crippen molar-refractivity contribution in [2.45, 2.75) is 46.1 Å². The van der Waals surface area contributed by atoms with Gasteiger partial charge in [-0.1, -0.05) is 62.6 Å². The van der Waals surface area contributed by atoms with Crippen LogP contribution in [0.4, 0.5) is 5.82 Å². The van der Waals surface area contributed by atoms with Crippen molar-refractivity contribution < 1.29 is 4.74 Å². The van der Waals surface area contributed by atoms with Gasteiger partial charge in [0.25, 0.3) is 0 Å². The largest absolute Gasteiger partial charge is 0.488 e. The minimum atomic E-state index is 0.416. The molecule has 0 atom stereocenters. The molecular formula is C26H31N3O. The summed E-state index contributed by atoms with van der Waals surface area (Å²) in [5.74, 6) is 1.47. The minimum absolute atomic E-state index is 0.416. The highest BCUT2D eigenvalue weighted by Crippen LogP contribution is 2.25. The molecule has 0 aliphatic rings. The summed E-state index contributed by atoms with van der Waals surface area (Å²) in [5.41, 5.74) is 4.33. The summed E-state index contributed by atoms with van der Waals surface area (Å²) in [6, 6.07) is 19.8. The Kier molecular flexibility index (Phi) is 8.02. The Morgan fingerprint density at radius 1 is 0.933 bits per heavy atom. The van der Waals surface area contributed by atoms with E-state index >= 15 is 0 Å². The number of nitrogens with one attached hydrogen (secondary N) is 2. The fourth-order valence-electron chi connectivity index (χ4n) is 3.38.